The molecule has 3 fully saturated rings. The lowest BCUT2D eigenvalue weighted by atomic mass is 9.85. The van der Waals surface area contributed by atoms with Gasteiger partial charge in [0, 0.05) is 38.6 Å². The van der Waals surface area contributed by atoms with E-state index in [9.17, 15) is 9.59 Å². The first-order valence-electron chi connectivity index (χ1n) is 12.4. The Kier molecular flexibility index (Phi) is 7.48. The Morgan fingerprint density at radius 2 is 1.81 bits per heavy atom. The van der Waals surface area contributed by atoms with Crippen LogP contribution in [0.3, 0.4) is 0 Å². The van der Waals surface area contributed by atoms with Crippen LogP contribution in [0.4, 0.5) is 11.6 Å². The van der Waals surface area contributed by atoms with Crippen LogP contribution in [0.15, 0.2) is 12.4 Å². The minimum absolute atomic E-state index is 0.0207. The van der Waals surface area contributed by atoms with Gasteiger partial charge in [-0.2, -0.15) is 0 Å². The molecule has 8 nitrogen and oxygen atoms in total. The van der Waals surface area contributed by atoms with Gasteiger partial charge >= 0.3 is 0 Å². The SMILES string of the molecule is CC(C)C1CCN(c2ncc(NC[C@H]3CC[C@H](NC(=O)C4CNC(=O)C4)CC3)cn2)CC1. The van der Waals surface area contributed by atoms with Crippen LogP contribution in [0.5, 0.6) is 0 Å². The Balaban J connectivity index is 1.15. The van der Waals surface area contributed by atoms with Crippen LogP contribution in [0, 0.1) is 23.7 Å². The van der Waals surface area contributed by atoms with Gasteiger partial charge in [-0.05, 0) is 56.3 Å². The van der Waals surface area contributed by atoms with Gasteiger partial charge in [0.25, 0.3) is 0 Å². The summed E-state index contributed by atoms with van der Waals surface area (Å²) in [6.45, 7) is 8.10. The van der Waals surface area contributed by atoms with E-state index in [0.29, 0.717) is 18.9 Å². The molecule has 1 aromatic rings. The fourth-order valence-corrected chi connectivity index (χ4v) is 5.22. The van der Waals surface area contributed by atoms with Crippen molar-refractivity contribution in [3.63, 3.8) is 0 Å². The summed E-state index contributed by atoms with van der Waals surface area (Å²) in [4.78, 5) is 35.1. The van der Waals surface area contributed by atoms with Crippen molar-refractivity contribution < 1.29 is 9.59 Å². The lowest BCUT2D eigenvalue weighted by Crippen LogP contribution is -2.42. The largest absolute Gasteiger partial charge is 0.382 e. The van der Waals surface area contributed by atoms with Crippen LogP contribution in [-0.4, -0.2) is 54.0 Å². The van der Waals surface area contributed by atoms with E-state index in [1.165, 1.54) is 12.8 Å². The van der Waals surface area contributed by atoms with E-state index in [1.807, 2.05) is 12.4 Å². The highest BCUT2D eigenvalue weighted by Gasteiger charge is 2.30. The van der Waals surface area contributed by atoms with E-state index in [1.54, 1.807) is 0 Å². The molecule has 0 spiro atoms. The predicted octanol–water partition coefficient (Wildman–Crippen LogP) is 2.57. The van der Waals surface area contributed by atoms with Crippen molar-refractivity contribution in [2.75, 3.05) is 36.4 Å². The molecule has 176 valence electrons. The highest BCUT2D eigenvalue weighted by atomic mass is 16.2. The molecular formula is C24H38N6O2. The standard InChI is InChI=1S/C24H38N6O2/c1-16(2)18-7-9-30(10-8-18)24-27-14-21(15-28-24)25-12-17-3-5-20(6-4-17)29-23(32)19-11-22(31)26-13-19/h14-20,25H,3-13H2,1-2H3,(H,26,31)(H,29,32)/t17-,19?,20-. The average molecular weight is 443 g/mol. The first-order valence-corrected chi connectivity index (χ1v) is 12.4. The molecule has 3 N–H and O–H groups in total. The van der Waals surface area contributed by atoms with Gasteiger partial charge in [-0.3, -0.25) is 9.59 Å². The summed E-state index contributed by atoms with van der Waals surface area (Å²) in [5, 5.41) is 9.37. The molecule has 4 rings (SSSR count). The van der Waals surface area contributed by atoms with Crippen LogP contribution >= 0.6 is 0 Å². The van der Waals surface area contributed by atoms with Crippen LogP contribution < -0.4 is 20.9 Å². The Morgan fingerprint density at radius 1 is 1.12 bits per heavy atom. The molecule has 1 atom stereocenters. The molecule has 1 unspecified atom stereocenters. The third kappa shape index (κ3) is 5.90. The molecule has 3 heterocycles. The molecule has 2 saturated heterocycles. The van der Waals surface area contributed by atoms with E-state index in [-0.39, 0.29) is 23.8 Å². The molecule has 2 amide bonds. The highest BCUT2D eigenvalue weighted by Crippen LogP contribution is 2.27. The quantitative estimate of drug-likeness (QED) is 0.600. The highest BCUT2D eigenvalue weighted by molar-refractivity contribution is 5.89. The van der Waals surface area contributed by atoms with E-state index in [0.717, 1.165) is 68.8 Å². The molecule has 1 aliphatic carbocycles. The van der Waals surface area contributed by atoms with Crippen LogP contribution in [0.2, 0.25) is 0 Å². The van der Waals surface area contributed by atoms with Crippen molar-refractivity contribution >= 4 is 23.5 Å². The lowest BCUT2D eigenvalue weighted by Gasteiger charge is -2.33. The third-order valence-electron chi connectivity index (χ3n) is 7.54. The monoisotopic (exact) mass is 442 g/mol. The molecule has 1 saturated carbocycles. The van der Waals surface area contributed by atoms with E-state index in [4.69, 9.17) is 0 Å². The van der Waals surface area contributed by atoms with Crippen molar-refractivity contribution in [1.82, 2.24) is 20.6 Å². The molecule has 1 aromatic heterocycles. The van der Waals surface area contributed by atoms with Gasteiger partial charge in [0.05, 0.1) is 24.0 Å². The summed E-state index contributed by atoms with van der Waals surface area (Å²) < 4.78 is 0. The molecule has 0 radical (unpaired) electrons. The molecule has 3 aliphatic rings. The van der Waals surface area contributed by atoms with Crippen molar-refractivity contribution in [2.45, 2.75) is 64.8 Å². The smallest absolute Gasteiger partial charge is 0.225 e. The van der Waals surface area contributed by atoms with Gasteiger partial charge in [0.2, 0.25) is 17.8 Å². The molecular weight excluding hydrogens is 404 g/mol. The number of hydrogen-bond acceptors (Lipinski definition) is 6. The van der Waals surface area contributed by atoms with Crippen LogP contribution in [0.1, 0.15) is 58.8 Å². The summed E-state index contributed by atoms with van der Waals surface area (Å²) in [5.74, 6) is 2.81. The van der Waals surface area contributed by atoms with Gasteiger partial charge < -0.3 is 20.9 Å². The van der Waals surface area contributed by atoms with E-state index < -0.39 is 0 Å². The minimum atomic E-state index is -0.202. The number of nitrogens with one attached hydrogen (secondary N) is 3. The van der Waals surface area contributed by atoms with Crippen LogP contribution in [-0.2, 0) is 9.59 Å². The molecule has 0 aromatic carbocycles. The zero-order valence-electron chi connectivity index (χ0n) is 19.5. The lowest BCUT2D eigenvalue weighted by molar-refractivity contribution is -0.127. The van der Waals surface area contributed by atoms with E-state index >= 15 is 0 Å². The fourth-order valence-electron chi connectivity index (χ4n) is 5.22. The maximum absolute atomic E-state index is 12.3. The number of aromatic nitrogens is 2. The number of anilines is 2. The molecule has 2 aliphatic heterocycles. The second-order valence-electron chi connectivity index (χ2n) is 10.2. The summed E-state index contributed by atoms with van der Waals surface area (Å²) in [5.41, 5.74) is 0.972. The predicted molar refractivity (Wildman–Crippen MR) is 125 cm³/mol. The average Bonchev–Trinajstić information content (AvgIpc) is 3.25. The summed E-state index contributed by atoms with van der Waals surface area (Å²) in [7, 11) is 0. The van der Waals surface area contributed by atoms with Gasteiger partial charge in [-0.15, -0.1) is 0 Å². The van der Waals surface area contributed by atoms with Crippen molar-refractivity contribution in [1.29, 1.82) is 0 Å². The topological polar surface area (TPSA) is 99.3 Å². The summed E-state index contributed by atoms with van der Waals surface area (Å²) >= 11 is 0. The first-order chi connectivity index (χ1) is 15.5. The molecule has 0 bridgehead atoms. The van der Waals surface area contributed by atoms with Crippen LogP contribution in [0.25, 0.3) is 0 Å². The number of hydrogen-bond donors (Lipinski definition) is 3. The minimum Gasteiger partial charge on any atom is -0.382 e. The second-order valence-corrected chi connectivity index (χ2v) is 10.2. The number of rotatable bonds is 7. The van der Waals surface area contributed by atoms with Crippen molar-refractivity contribution in [2.24, 2.45) is 23.7 Å². The Bertz CT molecular complexity index is 767. The maximum atomic E-state index is 12.3. The Hall–Kier alpha value is -2.38. The second kappa shape index (κ2) is 10.5. The number of nitrogens with zero attached hydrogens (tertiary/aromatic N) is 3. The number of carbonyl (C=O) groups excluding carboxylic acids is 2. The summed E-state index contributed by atoms with van der Waals surface area (Å²) in [6, 6.07) is 0.233. The Morgan fingerprint density at radius 3 is 2.41 bits per heavy atom. The number of amides is 2. The zero-order valence-corrected chi connectivity index (χ0v) is 19.5. The number of carbonyl (C=O) groups is 2. The van der Waals surface area contributed by atoms with Gasteiger partial charge in [0.15, 0.2) is 0 Å². The van der Waals surface area contributed by atoms with Gasteiger partial charge in [0.1, 0.15) is 0 Å². The third-order valence-corrected chi connectivity index (χ3v) is 7.54. The number of piperidine rings is 1. The van der Waals surface area contributed by atoms with Gasteiger partial charge in [-0.1, -0.05) is 13.8 Å². The van der Waals surface area contributed by atoms with E-state index in [2.05, 4.69) is 44.7 Å². The molecule has 8 heteroatoms. The summed E-state index contributed by atoms with van der Waals surface area (Å²) in [6.07, 6.45) is 10.7. The fraction of sp³-hybridized carbons (Fsp3) is 0.750. The zero-order chi connectivity index (χ0) is 22.5. The van der Waals surface area contributed by atoms with Crippen molar-refractivity contribution in [3.05, 3.63) is 12.4 Å². The Labute approximate surface area is 191 Å². The van der Waals surface area contributed by atoms with Gasteiger partial charge in [-0.25, -0.2) is 9.97 Å². The van der Waals surface area contributed by atoms with Crippen molar-refractivity contribution in [3.8, 4) is 0 Å². The normalized spacial score (nSPS) is 26.8. The molecule has 32 heavy (non-hydrogen) atoms. The first kappa shape index (κ1) is 22.8. The maximum Gasteiger partial charge on any atom is 0.225 e.